The Morgan fingerprint density at radius 1 is 1.20 bits per heavy atom. The molecule has 30 heavy (non-hydrogen) atoms. The van der Waals surface area contributed by atoms with E-state index in [-0.39, 0.29) is 17.8 Å². The zero-order valence-electron chi connectivity index (χ0n) is 16.7. The molecule has 1 aromatic carbocycles. The van der Waals surface area contributed by atoms with E-state index in [9.17, 15) is 14.3 Å². The molecule has 0 radical (unpaired) electrons. The monoisotopic (exact) mass is 408 g/mol. The van der Waals surface area contributed by atoms with Crippen LogP contribution in [0.5, 0.6) is 0 Å². The first-order valence-electron chi connectivity index (χ1n) is 10.5. The molecule has 2 fully saturated rings. The Kier molecular flexibility index (Phi) is 4.79. The van der Waals surface area contributed by atoms with Crippen molar-refractivity contribution in [2.45, 2.75) is 37.3 Å². The molecule has 3 aromatic rings. The number of aliphatic hydroxyl groups is 1. The number of piperidine rings is 1. The molecule has 0 saturated carbocycles. The van der Waals surface area contributed by atoms with Crippen LogP contribution in [0.25, 0.3) is 22.2 Å². The molecule has 2 aromatic heterocycles. The molecule has 4 heterocycles. The minimum Gasteiger partial charge on any atom is -0.385 e. The first-order chi connectivity index (χ1) is 14.5. The molecule has 7 heteroatoms. The third-order valence-electron chi connectivity index (χ3n) is 6.52. The van der Waals surface area contributed by atoms with Gasteiger partial charge in [-0.25, -0.2) is 9.37 Å². The second-order valence-corrected chi connectivity index (χ2v) is 8.30. The van der Waals surface area contributed by atoms with Crippen LogP contribution in [-0.4, -0.2) is 51.6 Å². The fourth-order valence-electron chi connectivity index (χ4n) is 4.72. The number of nitrogens with zero attached hydrogens (tertiary/aromatic N) is 2. The Balaban J connectivity index is 1.33. The van der Waals surface area contributed by atoms with Crippen LogP contribution >= 0.6 is 0 Å². The highest BCUT2D eigenvalue weighted by atomic mass is 19.1. The SMILES string of the molecule is O=C([C@H]1CCCN1)N1CCC(O)(c2ccc(-c3ccnc4[nH]cc(F)c34)cc2)CC1. The van der Waals surface area contributed by atoms with Crippen LogP contribution in [0.15, 0.2) is 42.7 Å². The van der Waals surface area contributed by atoms with Crippen molar-refractivity contribution in [3.8, 4) is 11.1 Å². The number of carbonyl (C=O) groups is 1. The molecule has 0 unspecified atom stereocenters. The zero-order valence-corrected chi connectivity index (χ0v) is 16.7. The summed E-state index contributed by atoms with van der Waals surface area (Å²) in [5, 5.41) is 14.9. The molecule has 5 rings (SSSR count). The van der Waals surface area contributed by atoms with Gasteiger partial charge in [-0.1, -0.05) is 24.3 Å². The maximum absolute atomic E-state index is 14.2. The number of carbonyl (C=O) groups excluding carboxylic acids is 1. The van der Waals surface area contributed by atoms with Crippen molar-refractivity contribution in [2.24, 2.45) is 0 Å². The number of hydrogen-bond donors (Lipinski definition) is 3. The molecule has 0 bridgehead atoms. The second kappa shape index (κ2) is 7.49. The highest BCUT2D eigenvalue weighted by Gasteiger charge is 2.37. The molecule has 1 atom stereocenters. The lowest BCUT2D eigenvalue weighted by molar-refractivity contribution is -0.137. The normalized spacial score (nSPS) is 21.3. The summed E-state index contributed by atoms with van der Waals surface area (Å²) in [5.41, 5.74) is 2.03. The first-order valence-corrected chi connectivity index (χ1v) is 10.5. The van der Waals surface area contributed by atoms with Crippen LogP contribution in [0.3, 0.4) is 0 Å². The van der Waals surface area contributed by atoms with Crippen molar-refractivity contribution in [2.75, 3.05) is 19.6 Å². The van der Waals surface area contributed by atoms with E-state index in [1.807, 2.05) is 29.2 Å². The fraction of sp³-hybridized carbons (Fsp3) is 0.391. The van der Waals surface area contributed by atoms with Crippen molar-refractivity contribution >= 4 is 16.9 Å². The van der Waals surface area contributed by atoms with Crippen molar-refractivity contribution in [1.29, 1.82) is 0 Å². The van der Waals surface area contributed by atoms with E-state index in [2.05, 4.69) is 15.3 Å². The van der Waals surface area contributed by atoms with E-state index in [1.54, 1.807) is 12.3 Å². The van der Waals surface area contributed by atoms with Gasteiger partial charge < -0.3 is 20.3 Å². The van der Waals surface area contributed by atoms with Crippen LogP contribution in [0, 0.1) is 5.82 Å². The molecule has 6 nitrogen and oxygen atoms in total. The number of likely N-dealkylation sites (tertiary alicyclic amines) is 1. The number of pyridine rings is 1. The number of aromatic amines is 1. The third-order valence-corrected chi connectivity index (χ3v) is 6.52. The molecule has 1 amide bonds. The molecule has 0 spiro atoms. The van der Waals surface area contributed by atoms with Gasteiger partial charge in [-0.05, 0) is 55.0 Å². The molecule has 2 aliphatic heterocycles. The number of hydrogen-bond acceptors (Lipinski definition) is 4. The Hall–Kier alpha value is -2.77. The number of H-pyrrole nitrogens is 1. The van der Waals surface area contributed by atoms with Gasteiger partial charge in [0.25, 0.3) is 0 Å². The van der Waals surface area contributed by atoms with Gasteiger partial charge in [0.05, 0.1) is 17.0 Å². The molecular weight excluding hydrogens is 383 g/mol. The summed E-state index contributed by atoms with van der Waals surface area (Å²) in [7, 11) is 0. The van der Waals surface area contributed by atoms with Gasteiger partial charge in [0.2, 0.25) is 5.91 Å². The van der Waals surface area contributed by atoms with Gasteiger partial charge in [-0.3, -0.25) is 4.79 Å². The average molecular weight is 408 g/mol. The molecule has 2 saturated heterocycles. The average Bonchev–Trinajstić information content (AvgIpc) is 3.44. The predicted octanol–water partition coefficient (Wildman–Crippen LogP) is 2.93. The quantitative estimate of drug-likeness (QED) is 0.623. The van der Waals surface area contributed by atoms with Gasteiger partial charge >= 0.3 is 0 Å². The van der Waals surface area contributed by atoms with E-state index >= 15 is 0 Å². The second-order valence-electron chi connectivity index (χ2n) is 8.30. The van der Waals surface area contributed by atoms with E-state index in [4.69, 9.17) is 0 Å². The summed E-state index contributed by atoms with van der Waals surface area (Å²) < 4.78 is 14.2. The van der Waals surface area contributed by atoms with Crippen molar-refractivity contribution in [3.63, 3.8) is 0 Å². The van der Waals surface area contributed by atoms with E-state index < -0.39 is 5.60 Å². The van der Waals surface area contributed by atoms with Crippen molar-refractivity contribution in [3.05, 3.63) is 54.1 Å². The van der Waals surface area contributed by atoms with Gasteiger partial charge in [0.15, 0.2) is 5.82 Å². The number of rotatable bonds is 3. The molecular formula is C23H25FN4O2. The third kappa shape index (κ3) is 3.28. The lowest BCUT2D eigenvalue weighted by Crippen LogP contribution is -2.50. The maximum Gasteiger partial charge on any atom is 0.239 e. The van der Waals surface area contributed by atoms with Gasteiger partial charge in [0.1, 0.15) is 5.65 Å². The molecule has 156 valence electrons. The molecule has 3 N–H and O–H groups in total. The summed E-state index contributed by atoms with van der Waals surface area (Å²) in [6.07, 6.45) is 5.92. The number of aromatic nitrogens is 2. The zero-order chi connectivity index (χ0) is 20.7. The molecule has 2 aliphatic rings. The van der Waals surface area contributed by atoms with Crippen LogP contribution in [-0.2, 0) is 10.4 Å². The lowest BCUT2D eigenvalue weighted by atomic mass is 9.83. The number of halogens is 1. The minimum absolute atomic E-state index is 0.0681. The Bertz CT molecular complexity index is 1060. The van der Waals surface area contributed by atoms with Crippen LogP contribution in [0.1, 0.15) is 31.2 Å². The summed E-state index contributed by atoms with van der Waals surface area (Å²) in [5.74, 6) is -0.176. The maximum atomic E-state index is 14.2. The summed E-state index contributed by atoms with van der Waals surface area (Å²) in [6.45, 7) is 2.00. The topological polar surface area (TPSA) is 81.2 Å². The Labute approximate surface area is 174 Å². The van der Waals surface area contributed by atoms with Crippen LogP contribution in [0.4, 0.5) is 4.39 Å². The Morgan fingerprint density at radius 2 is 1.97 bits per heavy atom. The van der Waals surface area contributed by atoms with Crippen molar-refractivity contribution < 1.29 is 14.3 Å². The lowest BCUT2D eigenvalue weighted by Gasteiger charge is -2.39. The van der Waals surface area contributed by atoms with Gasteiger partial charge in [-0.2, -0.15) is 0 Å². The largest absolute Gasteiger partial charge is 0.385 e. The number of nitrogens with one attached hydrogen (secondary N) is 2. The number of benzene rings is 1. The van der Waals surface area contributed by atoms with Crippen LogP contribution in [0.2, 0.25) is 0 Å². The number of fused-ring (bicyclic) bond motifs is 1. The van der Waals surface area contributed by atoms with Crippen molar-refractivity contribution in [1.82, 2.24) is 20.2 Å². The molecule has 0 aliphatic carbocycles. The van der Waals surface area contributed by atoms with E-state index in [0.29, 0.717) is 37.0 Å². The minimum atomic E-state index is -0.953. The summed E-state index contributed by atoms with van der Waals surface area (Å²) in [6, 6.07) is 9.36. The van der Waals surface area contributed by atoms with E-state index in [0.717, 1.165) is 36.1 Å². The Morgan fingerprint density at radius 3 is 2.67 bits per heavy atom. The first kappa shape index (κ1) is 19.2. The van der Waals surface area contributed by atoms with Gasteiger partial charge in [0, 0.05) is 25.5 Å². The van der Waals surface area contributed by atoms with Gasteiger partial charge in [-0.15, -0.1) is 0 Å². The summed E-state index contributed by atoms with van der Waals surface area (Å²) >= 11 is 0. The van der Waals surface area contributed by atoms with Crippen LogP contribution < -0.4 is 5.32 Å². The smallest absolute Gasteiger partial charge is 0.239 e. The fourth-order valence-corrected chi connectivity index (χ4v) is 4.72. The van der Waals surface area contributed by atoms with E-state index in [1.165, 1.54) is 6.20 Å². The highest BCUT2D eigenvalue weighted by Crippen LogP contribution is 2.35. The highest BCUT2D eigenvalue weighted by molar-refractivity contribution is 5.93. The predicted molar refractivity (Wildman–Crippen MR) is 112 cm³/mol. The number of amides is 1. The standard InChI is InChI=1S/C23H25FN4O2/c24-18-14-27-21-20(18)17(7-11-26-21)15-3-5-16(6-4-15)23(30)8-12-28(13-9-23)22(29)19-2-1-10-25-19/h3-7,11,14,19,25,30H,1-2,8-10,12-13H2,(H,26,27)/t19-/m1/s1. The summed E-state index contributed by atoms with van der Waals surface area (Å²) in [4.78, 5) is 21.5.